The van der Waals surface area contributed by atoms with E-state index >= 15 is 0 Å². The molecule has 7 nitrogen and oxygen atoms in total. The number of fused-ring (bicyclic) bond motifs is 1. The van der Waals surface area contributed by atoms with Crippen LogP contribution in [0.25, 0.3) is 0 Å². The molecule has 1 aromatic heterocycles. The Morgan fingerprint density at radius 2 is 1.93 bits per heavy atom. The SMILES string of the molecule is O=[N+]([O-])c1ccc(=NC2CCCCC2)n2c1NCC2CNCc1ccccc1. The quantitative estimate of drug-likeness (QED) is 0.593. The molecule has 0 amide bonds. The summed E-state index contributed by atoms with van der Waals surface area (Å²) in [7, 11) is 0. The van der Waals surface area contributed by atoms with Crippen LogP contribution in [0.3, 0.4) is 0 Å². The standard InChI is InChI=1S/C21H27N5O2/c27-26(28)19-11-12-20(24-17-9-5-2-6-10-17)25-18(15-23-21(19)25)14-22-13-16-7-3-1-4-8-16/h1,3-4,7-8,11-12,17-18,22-23H,2,5-6,9-10,13-15H2. The molecule has 148 valence electrons. The molecule has 2 N–H and O–H groups in total. The van der Waals surface area contributed by atoms with Crippen LogP contribution in [0.5, 0.6) is 0 Å². The minimum Gasteiger partial charge on any atom is -0.364 e. The lowest BCUT2D eigenvalue weighted by atomic mass is 9.96. The smallest absolute Gasteiger partial charge is 0.309 e. The third-order valence-electron chi connectivity index (χ3n) is 5.63. The van der Waals surface area contributed by atoms with E-state index in [1.165, 1.54) is 24.8 Å². The number of pyridine rings is 1. The van der Waals surface area contributed by atoms with E-state index in [0.717, 1.165) is 31.4 Å². The van der Waals surface area contributed by atoms with Crippen LogP contribution in [0.15, 0.2) is 47.5 Å². The summed E-state index contributed by atoms with van der Waals surface area (Å²) in [5.41, 5.74) is 2.20. The molecule has 1 unspecified atom stereocenters. The van der Waals surface area contributed by atoms with E-state index in [0.29, 0.717) is 18.4 Å². The summed E-state index contributed by atoms with van der Waals surface area (Å²) < 4.78 is 2.03. The molecule has 1 aliphatic heterocycles. The number of nitro groups is 1. The summed E-state index contributed by atoms with van der Waals surface area (Å²) in [5, 5.41) is 18.2. The van der Waals surface area contributed by atoms with Gasteiger partial charge in [-0.2, -0.15) is 0 Å². The van der Waals surface area contributed by atoms with Gasteiger partial charge in [0.15, 0.2) is 5.82 Å². The summed E-state index contributed by atoms with van der Waals surface area (Å²) in [6, 6.07) is 14.1. The van der Waals surface area contributed by atoms with E-state index in [1.54, 1.807) is 6.07 Å². The van der Waals surface area contributed by atoms with Crippen LogP contribution in [0.2, 0.25) is 0 Å². The molecular formula is C21H27N5O2. The van der Waals surface area contributed by atoms with E-state index in [4.69, 9.17) is 4.99 Å². The van der Waals surface area contributed by atoms with Gasteiger partial charge in [0.05, 0.1) is 17.0 Å². The lowest BCUT2D eigenvalue weighted by molar-refractivity contribution is -0.384. The van der Waals surface area contributed by atoms with Crippen molar-refractivity contribution in [2.24, 2.45) is 4.99 Å². The van der Waals surface area contributed by atoms with Crippen molar-refractivity contribution in [1.29, 1.82) is 0 Å². The number of rotatable bonds is 6. The maximum Gasteiger partial charge on any atom is 0.309 e. The van der Waals surface area contributed by atoms with Crippen LogP contribution in [-0.4, -0.2) is 28.6 Å². The van der Waals surface area contributed by atoms with E-state index in [2.05, 4.69) is 22.8 Å². The lowest BCUT2D eigenvalue weighted by Crippen LogP contribution is -2.32. The van der Waals surface area contributed by atoms with E-state index in [1.807, 2.05) is 28.8 Å². The van der Waals surface area contributed by atoms with Crippen molar-refractivity contribution in [2.75, 3.05) is 18.4 Å². The van der Waals surface area contributed by atoms with Crippen LogP contribution in [0.1, 0.15) is 43.7 Å². The number of aromatic nitrogens is 1. The Bertz CT molecular complexity index is 887. The molecule has 0 radical (unpaired) electrons. The molecule has 1 aromatic carbocycles. The van der Waals surface area contributed by atoms with Crippen molar-refractivity contribution in [3.05, 3.63) is 63.6 Å². The van der Waals surface area contributed by atoms with E-state index in [-0.39, 0.29) is 16.7 Å². The lowest BCUT2D eigenvalue weighted by Gasteiger charge is -2.19. The number of hydrogen-bond acceptors (Lipinski definition) is 5. The van der Waals surface area contributed by atoms with Crippen molar-refractivity contribution in [2.45, 2.75) is 50.7 Å². The third-order valence-corrected chi connectivity index (χ3v) is 5.63. The van der Waals surface area contributed by atoms with Gasteiger partial charge >= 0.3 is 5.69 Å². The minimum atomic E-state index is -0.316. The number of benzene rings is 1. The van der Waals surface area contributed by atoms with Gasteiger partial charge in [0.2, 0.25) is 0 Å². The zero-order chi connectivity index (χ0) is 19.3. The highest BCUT2D eigenvalue weighted by atomic mass is 16.6. The van der Waals surface area contributed by atoms with Gasteiger partial charge in [-0.05, 0) is 24.5 Å². The summed E-state index contributed by atoms with van der Waals surface area (Å²) in [4.78, 5) is 16.1. The zero-order valence-electron chi connectivity index (χ0n) is 16.0. The normalized spacial score (nSPS) is 20.0. The van der Waals surface area contributed by atoms with Crippen molar-refractivity contribution in [3.8, 4) is 0 Å². The summed E-state index contributed by atoms with van der Waals surface area (Å²) in [6.45, 7) is 2.17. The van der Waals surface area contributed by atoms with Gasteiger partial charge in [0.1, 0.15) is 5.49 Å². The first-order chi connectivity index (χ1) is 13.7. The van der Waals surface area contributed by atoms with Gasteiger partial charge in [0, 0.05) is 25.7 Å². The fraction of sp³-hybridized carbons (Fsp3) is 0.476. The first-order valence-electron chi connectivity index (χ1n) is 10.1. The molecule has 1 aliphatic carbocycles. The zero-order valence-corrected chi connectivity index (χ0v) is 16.0. The number of nitrogens with one attached hydrogen (secondary N) is 2. The predicted octanol–water partition coefficient (Wildman–Crippen LogP) is 3.39. The second-order valence-electron chi connectivity index (χ2n) is 7.62. The maximum atomic E-state index is 11.5. The number of hydrogen-bond donors (Lipinski definition) is 2. The fourth-order valence-electron chi connectivity index (χ4n) is 4.19. The second kappa shape index (κ2) is 8.56. The van der Waals surface area contributed by atoms with Crippen molar-refractivity contribution in [1.82, 2.24) is 9.88 Å². The topological polar surface area (TPSA) is 84.5 Å². The largest absolute Gasteiger partial charge is 0.364 e. The molecule has 1 atom stereocenters. The summed E-state index contributed by atoms with van der Waals surface area (Å²) in [5.74, 6) is 0.577. The highest BCUT2D eigenvalue weighted by molar-refractivity contribution is 5.58. The number of nitrogens with zero attached hydrogens (tertiary/aromatic N) is 3. The van der Waals surface area contributed by atoms with Gasteiger partial charge in [0.25, 0.3) is 0 Å². The van der Waals surface area contributed by atoms with Gasteiger partial charge < -0.3 is 15.2 Å². The van der Waals surface area contributed by atoms with Crippen LogP contribution in [0, 0.1) is 10.1 Å². The molecule has 0 saturated heterocycles. The molecule has 28 heavy (non-hydrogen) atoms. The van der Waals surface area contributed by atoms with E-state index in [9.17, 15) is 10.1 Å². The molecular weight excluding hydrogens is 354 g/mol. The highest BCUT2D eigenvalue weighted by Crippen LogP contribution is 2.30. The fourth-order valence-corrected chi connectivity index (χ4v) is 4.19. The molecule has 1 saturated carbocycles. The van der Waals surface area contributed by atoms with Crippen molar-refractivity contribution < 1.29 is 4.92 Å². The van der Waals surface area contributed by atoms with E-state index < -0.39 is 0 Å². The Morgan fingerprint density at radius 3 is 2.68 bits per heavy atom. The van der Waals surface area contributed by atoms with Gasteiger partial charge in [-0.3, -0.25) is 15.1 Å². The summed E-state index contributed by atoms with van der Waals surface area (Å²) in [6.07, 6.45) is 5.93. The van der Waals surface area contributed by atoms with Crippen LogP contribution in [-0.2, 0) is 6.54 Å². The highest BCUT2D eigenvalue weighted by Gasteiger charge is 2.29. The maximum absolute atomic E-state index is 11.5. The van der Waals surface area contributed by atoms with Gasteiger partial charge in [-0.15, -0.1) is 0 Å². The Morgan fingerprint density at radius 1 is 1.14 bits per heavy atom. The Balaban J connectivity index is 1.58. The first kappa shape index (κ1) is 18.7. The van der Waals surface area contributed by atoms with Crippen LogP contribution < -0.4 is 16.1 Å². The minimum absolute atomic E-state index is 0.0981. The Labute approximate surface area is 164 Å². The number of anilines is 1. The average molecular weight is 381 g/mol. The van der Waals surface area contributed by atoms with Crippen molar-refractivity contribution in [3.63, 3.8) is 0 Å². The average Bonchev–Trinajstić information content (AvgIpc) is 3.14. The molecule has 1 fully saturated rings. The van der Waals surface area contributed by atoms with Crippen molar-refractivity contribution >= 4 is 11.5 Å². The first-order valence-corrected chi connectivity index (χ1v) is 10.1. The third kappa shape index (κ3) is 4.09. The van der Waals surface area contributed by atoms with Gasteiger partial charge in [-0.25, -0.2) is 0 Å². The predicted molar refractivity (Wildman–Crippen MR) is 109 cm³/mol. The monoisotopic (exact) mass is 381 g/mol. The Kier molecular flexibility index (Phi) is 5.71. The Hall–Kier alpha value is -2.67. The molecule has 7 heteroatoms. The molecule has 2 heterocycles. The molecule has 2 aromatic rings. The molecule has 0 bridgehead atoms. The molecule has 2 aliphatic rings. The second-order valence-corrected chi connectivity index (χ2v) is 7.62. The molecule has 0 spiro atoms. The van der Waals surface area contributed by atoms with Crippen LogP contribution >= 0.6 is 0 Å². The van der Waals surface area contributed by atoms with Crippen LogP contribution in [0.4, 0.5) is 11.5 Å². The summed E-state index contributed by atoms with van der Waals surface area (Å²) >= 11 is 0. The molecule has 4 rings (SSSR count). The van der Waals surface area contributed by atoms with Gasteiger partial charge in [-0.1, -0.05) is 49.6 Å².